The van der Waals surface area contributed by atoms with E-state index in [4.69, 9.17) is 4.74 Å². The van der Waals surface area contributed by atoms with Crippen LogP contribution in [-0.4, -0.2) is 25.2 Å². The van der Waals surface area contributed by atoms with Gasteiger partial charge in [-0.1, -0.05) is 37.3 Å². The molecule has 0 spiro atoms. The van der Waals surface area contributed by atoms with E-state index in [0.29, 0.717) is 12.3 Å². The zero-order valence-electron chi connectivity index (χ0n) is 12.5. The molecule has 1 aliphatic heterocycles. The molecule has 1 N–H and O–H groups in total. The van der Waals surface area contributed by atoms with E-state index in [-0.39, 0.29) is 18.0 Å². The van der Waals surface area contributed by atoms with Crippen molar-refractivity contribution in [3.63, 3.8) is 0 Å². The summed E-state index contributed by atoms with van der Waals surface area (Å²) in [5.74, 6) is 0.670. The first-order chi connectivity index (χ1) is 9.66. The highest BCUT2D eigenvalue weighted by Gasteiger charge is 2.22. The molecule has 1 saturated heterocycles. The molecule has 0 radical (unpaired) electrons. The molecule has 3 nitrogen and oxygen atoms in total. The summed E-state index contributed by atoms with van der Waals surface area (Å²) in [6.07, 6.45) is 2.65. The molecule has 1 aliphatic rings. The van der Waals surface area contributed by atoms with Crippen molar-refractivity contribution >= 4 is 5.97 Å². The molecular formula is C17H25NO2. The third kappa shape index (κ3) is 4.34. The number of nitrogens with one attached hydrogen (secondary N) is 1. The second kappa shape index (κ2) is 7.44. The molecule has 1 aromatic carbocycles. The van der Waals surface area contributed by atoms with Gasteiger partial charge >= 0.3 is 5.97 Å². The van der Waals surface area contributed by atoms with E-state index in [1.165, 1.54) is 5.56 Å². The number of carbonyl (C=O) groups is 1. The maximum atomic E-state index is 12.0. The summed E-state index contributed by atoms with van der Waals surface area (Å²) in [6, 6.07) is 10.2. The van der Waals surface area contributed by atoms with Crippen molar-refractivity contribution in [2.45, 2.75) is 45.1 Å². The minimum Gasteiger partial charge on any atom is -0.462 e. The van der Waals surface area contributed by atoms with Crippen molar-refractivity contribution < 1.29 is 9.53 Å². The lowest BCUT2D eigenvalue weighted by Crippen LogP contribution is -2.30. The zero-order valence-corrected chi connectivity index (χ0v) is 12.5. The third-order valence-corrected chi connectivity index (χ3v) is 4.26. The van der Waals surface area contributed by atoms with Gasteiger partial charge in [-0.2, -0.15) is 0 Å². The molecule has 2 rings (SSSR count). The van der Waals surface area contributed by atoms with Gasteiger partial charge < -0.3 is 10.1 Å². The van der Waals surface area contributed by atoms with Crippen LogP contribution in [0.1, 0.15) is 44.6 Å². The van der Waals surface area contributed by atoms with Gasteiger partial charge in [-0.25, -0.2) is 0 Å². The minimum atomic E-state index is -0.0772. The van der Waals surface area contributed by atoms with Gasteiger partial charge in [0, 0.05) is 12.3 Å². The largest absolute Gasteiger partial charge is 0.462 e. The monoisotopic (exact) mass is 275 g/mol. The highest BCUT2D eigenvalue weighted by Crippen LogP contribution is 2.23. The summed E-state index contributed by atoms with van der Waals surface area (Å²) in [5.41, 5.74) is 1.22. The van der Waals surface area contributed by atoms with Gasteiger partial charge in [-0.3, -0.25) is 4.79 Å². The normalized spacial score (nSPS) is 19.3. The molecule has 2 atom stereocenters. The molecule has 1 heterocycles. The molecular weight excluding hydrogens is 250 g/mol. The molecule has 20 heavy (non-hydrogen) atoms. The van der Waals surface area contributed by atoms with Gasteiger partial charge in [0.05, 0.1) is 0 Å². The number of esters is 1. The molecule has 0 bridgehead atoms. The quantitative estimate of drug-likeness (QED) is 0.839. The van der Waals surface area contributed by atoms with Crippen LogP contribution in [0.2, 0.25) is 0 Å². The Morgan fingerprint density at radius 2 is 1.90 bits per heavy atom. The molecule has 1 aromatic rings. The second-order valence-corrected chi connectivity index (χ2v) is 5.79. The summed E-state index contributed by atoms with van der Waals surface area (Å²) in [7, 11) is 0. The number of rotatable bonds is 5. The molecule has 1 fully saturated rings. The van der Waals surface area contributed by atoms with E-state index >= 15 is 0 Å². The molecule has 110 valence electrons. The predicted molar refractivity (Wildman–Crippen MR) is 80.6 cm³/mol. The van der Waals surface area contributed by atoms with Crippen LogP contribution in [-0.2, 0) is 9.53 Å². The molecule has 2 unspecified atom stereocenters. The highest BCUT2D eigenvalue weighted by molar-refractivity contribution is 5.70. The van der Waals surface area contributed by atoms with Crippen molar-refractivity contribution in [3.05, 3.63) is 35.9 Å². The van der Waals surface area contributed by atoms with Crippen molar-refractivity contribution in [1.82, 2.24) is 5.32 Å². The number of carbonyl (C=O) groups excluding carboxylic acids is 1. The van der Waals surface area contributed by atoms with Crippen LogP contribution in [0.5, 0.6) is 0 Å². The highest BCUT2D eigenvalue weighted by atomic mass is 16.5. The van der Waals surface area contributed by atoms with Gasteiger partial charge in [0.25, 0.3) is 0 Å². The Labute approximate surface area is 121 Å². The number of hydrogen-bond donors (Lipinski definition) is 1. The lowest BCUT2D eigenvalue weighted by molar-refractivity contribution is -0.150. The summed E-state index contributed by atoms with van der Waals surface area (Å²) in [5, 5.41) is 3.32. The fourth-order valence-electron chi connectivity index (χ4n) is 2.71. The Balaban J connectivity index is 1.81. The first kappa shape index (κ1) is 15.0. The van der Waals surface area contributed by atoms with Crippen LogP contribution in [0.3, 0.4) is 0 Å². The van der Waals surface area contributed by atoms with Crippen molar-refractivity contribution in [3.8, 4) is 0 Å². The fourth-order valence-corrected chi connectivity index (χ4v) is 2.71. The van der Waals surface area contributed by atoms with Gasteiger partial charge in [-0.15, -0.1) is 0 Å². The SMILES string of the molecule is CC(OC(=O)CC1CCNCC1)C(C)c1ccccc1. The van der Waals surface area contributed by atoms with Gasteiger partial charge in [0.15, 0.2) is 0 Å². The maximum Gasteiger partial charge on any atom is 0.306 e. The van der Waals surface area contributed by atoms with E-state index in [0.717, 1.165) is 25.9 Å². The number of hydrogen-bond acceptors (Lipinski definition) is 3. The number of piperidine rings is 1. The fraction of sp³-hybridized carbons (Fsp3) is 0.588. The Bertz CT molecular complexity index is 412. The predicted octanol–water partition coefficient (Wildman–Crippen LogP) is 3.11. The van der Waals surface area contributed by atoms with E-state index in [1.54, 1.807) is 0 Å². The van der Waals surface area contributed by atoms with Crippen LogP contribution in [0.15, 0.2) is 30.3 Å². The van der Waals surface area contributed by atoms with Crippen molar-refractivity contribution in [2.75, 3.05) is 13.1 Å². The van der Waals surface area contributed by atoms with Crippen LogP contribution < -0.4 is 5.32 Å². The van der Waals surface area contributed by atoms with Gasteiger partial charge in [0.1, 0.15) is 6.10 Å². The minimum absolute atomic E-state index is 0.0489. The first-order valence-corrected chi connectivity index (χ1v) is 7.62. The Hall–Kier alpha value is -1.35. The van der Waals surface area contributed by atoms with Crippen LogP contribution in [0.4, 0.5) is 0 Å². The third-order valence-electron chi connectivity index (χ3n) is 4.26. The number of benzene rings is 1. The van der Waals surface area contributed by atoms with E-state index in [2.05, 4.69) is 24.4 Å². The van der Waals surface area contributed by atoms with E-state index in [1.807, 2.05) is 25.1 Å². The lowest BCUT2D eigenvalue weighted by atomic mass is 9.94. The van der Waals surface area contributed by atoms with E-state index < -0.39 is 0 Å². The van der Waals surface area contributed by atoms with Gasteiger partial charge in [0.2, 0.25) is 0 Å². The summed E-state index contributed by atoms with van der Waals surface area (Å²) < 4.78 is 5.61. The Morgan fingerprint density at radius 3 is 2.55 bits per heavy atom. The average molecular weight is 275 g/mol. The molecule has 3 heteroatoms. The lowest BCUT2D eigenvalue weighted by Gasteiger charge is -2.24. The molecule has 0 amide bonds. The zero-order chi connectivity index (χ0) is 14.4. The van der Waals surface area contributed by atoms with Crippen LogP contribution in [0, 0.1) is 5.92 Å². The maximum absolute atomic E-state index is 12.0. The van der Waals surface area contributed by atoms with Crippen LogP contribution in [0.25, 0.3) is 0 Å². The molecule has 0 aromatic heterocycles. The summed E-state index contributed by atoms with van der Waals surface area (Å²) in [6.45, 7) is 6.14. The molecule has 0 saturated carbocycles. The van der Waals surface area contributed by atoms with Crippen molar-refractivity contribution in [2.24, 2.45) is 5.92 Å². The topological polar surface area (TPSA) is 38.3 Å². The Kier molecular flexibility index (Phi) is 5.60. The second-order valence-electron chi connectivity index (χ2n) is 5.79. The van der Waals surface area contributed by atoms with E-state index in [9.17, 15) is 4.79 Å². The van der Waals surface area contributed by atoms with Crippen LogP contribution >= 0.6 is 0 Å². The smallest absolute Gasteiger partial charge is 0.306 e. The standard InChI is InChI=1S/C17H25NO2/c1-13(16-6-4-3-5-7-16)14(2)20-17(19)12-15-8-10-18-11-9-15/h3-7,13-15,18H,8-12H2,1-2H3. The summed E-state index contributed by atoms with van der Waals surface area (Å²) in [4.78, 5) is 12.0. The molecule has 0 aliphatic carbocycles. The summed E-state index contributed by atoms with van der Waals surface area (Å²) >= 11 is 0. The Morgan fingerprint density at radius 1 is 1.25 bits per heavy atom. The van der Waals surface area contributed by atoms with Gasteiger partial charge in [-0.05, 0) is 44.3 Å². The number of ether oxygens (including phenoxy) is 1. The first-order valence-electron chi connectivity index (χ1n) is 7.62. The van der Waals surface area contributed by atoms with Crippen molar-refractivity contribution in [1.29, 1.82) is 0 Å². The average Bonchev–Trinajstić information content (AvgIpc) is 2.48.